The second-order valence-electron chi connectivity index (χ2n) is 4.38. The molecule has 0 atom stereocenters. The third-order valence-electron chi connectivity index (χ3n) is 2.83. The summed E-state index contributed by atoms with van der Waals surface area (Å²) in [5.41, 5.74) is 8.22. The summed E-state index contributed by atoms with van der Waals surface area (Å²) in [5, 5.41) is 6.93. The maximum atomic E-state index is 11.8. The van der Waals surface area contributed by atoms with E-state index in [-0.39, 0.29) is 5.91 Å². The molecule has 100 valence electrons. The Hall–Kier alpha value is -2.30. The van der Waals surface area contributed by atoms with Gasteiger partial charge in [0.1, 0.15) is 0 Å². The Bertz CT molecular complexity index is 562. The maximum Gasteiger partial charge on any atom is 0.224 e. The van der Waals surface area contributed by atoms with E-state index in [9.17, 15) is 4.79 Å². The van der Waals surface area contributed by atoms with Crippen molar-refractivity contribution >= 4 is 17.3 Å². The van der Waals surface area contributed by atoms with Gasteiger partial charge in [-0.1, -0.05) is 12.1 Å². The second kappa shape index (κ2) is 6.04. The molecular formula is C14H18N4O. The number of hydrogen-bond donors (Lipinski definition) is 2. The van der Waals surface area contributed by atoms with Crippen molar-refractivity contribution in [1.82, 2.24) is 9.78 Å². The lowest BCUT2D eigenvalue weighted by molar-refractivity contribution is -0.116. The molecule has 0 saturated heterocycles. The molecule has 2 rings (SSSR count). The van der Waals surface area contributed by atoms with E-state index in [4.69, 9.17) is 5.73 Å². The van der Waals surface area contributed by atoms with Crippen LogP contribution in [0.15, 0.2) is 36.7 Å². The van der Waals surface area contributed by atoms with Gasteiger partial charge in [-0.05, 0) is 31.0 Å². The van der Waals surface area contributed by atoms with Crippen molar-refractivity contribution in [1.29, 1.82) is 0 Å². The van der Waals surface area contributed by atoms with Crippen LogP contribution in [0.4, 0.5) is 11.4 Å². The van der Waals surface area contributed by atoms with E-state index in [1.54, 1.807) is 10.9 Å². The topological polar surface area (TPSA) is 72.9 Å². The predicted molar refractivity (Wildman–Crippen MR) is 75.7 cm³/mol. The van der Waals surface area contributed by atoms with Crippen LogP contribution < -0.4 is 11.1 Å². The number of nitrogens with two attached hydrogens (primary N) is 1. The number of amides is 1. The quantitative estimate of drug-likeness (QED) is 0.806. The smallest absolute Gasteiger partial charge is 0.224 e. The lowest BCUT2D eigenvalue weighted by Crippen LogP contribution is -2.11. The summed E-state index contributed by atoms with van der Waals surface area (Å²) in [6.45, 7) is 2.79. The Morgan fingerprint density at radius 3 is 3.00 bits per heavy atom. The van der Waals surface area contributed by atoms with Crippen molar-refractivity contribution in [3.63, 3.8) is 0 Å². The minimum atomic E-state index is -0.0157. The van der Waals surface area contributed by atoms with Crippen LogP contribution in [0.2, 0.25) is 0 Å². The SMILES string of the molecule is CCn1cc(NC(=O)CCc2cccc(N)c2)cn1. The lowest BCUT2D eigenvalue weighted by Gasteiger charge is -2.03. The Balaban J connectivity index is 1.84. The van der Waals surface area contributed by atoms with Crippen LogP contribution >= 0.6 is 0 Å². The van der Waals surface area contributed by atoms with Gasteiger partial charge in [0.25, 0.3) is 0 Å². The van der Waals surface area contributed by atoms with E-state index in [2.05, 4.69) is 10.4 Å². The van der Waals surface area contributed by atoms with E-state index < -0.39 is 0 Å². The molecule has 1 heterocycles. The number of anilines is 2. The molecule has 19 heavy (non-hydrogen) atoms. The molecule has 2 aromatic rings. The number of nitrogens with zero attached hydrogens (tertiary/aromatic N) is 2. The van der Waals surface area contributed by atoms with Crippen LogP contribution in [0.3, 0.4) is 0 Å². The van der Waals surface area contributed by atoms with Gasteiger partial charge in [-0.2, -0.15) is 5.10 Å². The summed E-state index contributed by atoms with van der Waals surface area (Å²) in [4.78, 5) is 11.8. The van der Waals surface area contributed by atoms with Crippen LogP contribution in [0.25, 0.3) is 0 Å². The van der Waals surface area contributed by atoms with Crippen LogP contribution in [0, 0.1) is 0 Å². The largest absolute Gasteiger partial charge is 0.399 e. The first-order valence-electron chi connectivity index (χ1n) is 6.34. The molecule has 0 aliphatic heterocycles. The molecule has 0 saturated carbocycles. The number of benzene rings is 1. The number of aryl methyl sites for hydroxylation is 2. The summed E-state index contributed by atoms with van der Waals surface area (Å²) >= 11 is 0. The molecule has 1 amide bonds. The zero-order valence-electron chi connectivity index (χ0n) is 11.0. The summed E-state index contributed by atoms with van der Waals surface area (Å²) < 4.78 is 1.77. The van der Waals surface area contributed by atoms with E-state index in [1.807, 2.05) is 37.4 Å². The van der Waals surface area contributed by atoms with Crippen LogP contribution in [0.5, 0.6) is 0 Å². The number of hydrogen-bond acceptors (Lipinski definition) is 3. The molecule has 0 fully saturated rings. The van der Waals surface area contributed by atoms with Gasteiger partial charge >= 0.3 is 0 Å². The van der Waals surface area contributed by atoms with Gasteiger partial charge in [0.2, 0.25) is 5.91 Å². The van der Waals surface area contributed by atoms with E-state index >= 15 is 0 Å². The molecule has 5 heteroatoms. The molecule has 0 aliphatic carbocycles. The summed E-state index contributed by atoms with van der Waals surface area (Å²) in [6, 6.07) is 7.59. The zero-order chi connectivity index (χ0) is 13.7. The van der Waals surface area contributed by atoms with Gasteiger partial charge in [0, 0.05) is 24.8 Å². The lowest BCUT2D eigenvalue weighted by atomic mass is 10.1. The summed E-state index contributed by atoms with van der Waals surface area (Å²) in [7, 11) is 0. The third kappa shape index (κ3) is 3.84. The molecule has 0 aliphatic rings. The summed E-state index contributed by atoms with van der Waals surface area (Å²) in [6.07, 6.45) is 4.58. The molecule has 0 spiro atoms. The average Bonchev–Trinajstić information content (AvgIpc) is 2.84. The fraction of sp³-hybridized carbons (Fsp3) is 0.286. The molecule has 3 N–H and O–H groups in total. The average molecular weight is 258 g/mol. The molecule has 1 aromatic carbocycles. The predicted octanol–water partition coefficient (Wildman–Crippen LogP) is 2.06. The van der Waals surface area contributed by atoms with Crippen molar-refractivity contribution in [2.45, 2.75) is 26.3 Å². The molecule has 5 nitrogen and oxygen atoms in total. The monoisotopic (exact) mass is 258 g/mol. The van der Waals surface area contributed by atoms with Gasteiger partial charge in [-0.3, -0.25) is 9.48 Å². The highest BCUT2D eigenvalue weighted by Gasteiger charge is 2.05. The highest BCUT2D eigenvalue weighted by Crippen LogP contribution is 2.10. The van der Waals surface area contributed by atoms with E-state index in [1.165, 1.54) is 0 Å². The molecular weight excluding hydrogens is 240 g/mol. The minimum absolute atomic E-state index is 0.0157. The summed E-state index contributed by atoms with van der Waals surface area (Å²) in [5.74, 6) is -0.0157. The van der Waals surface area contributed by atoms with E-state index in [0.29, 0.717) is 12.8 Å². The van der Waals surface area contributed by atoms with E-state index in [0.717, 1.165) is 23.5 Å². The third-order valence-corrected chi connectivity index (χ3v) is 2.83. The number of carbonyl (C=O) groups is 1. The normalized spacial score (nSPS) is 10.4. The van der Waals surface area contributed by atoms with Crippen molar-refractivity contribution in [3.8, 4) is 0 Å². The minimum Gasteiger partial charge on any atom is -0.399 e. The number of rotatable bonds is 5. The fourth-order valence-electron chi connectivity index (χ4n) is 1.83. The van der Waals surface area contributed by atoms with Gasteiger partial charge in [0.15, 0.2) is 0 Å². The Morgan fingerprint density at radius 2 is 2.32 bits per heavy atom. The highest BCUT2D eigenvalue weighted by atomic mass is 16.1. The first-order chi connectivity index (χ1) is 9.17. The van der Waals surface area contributed by atoms with Crippen molar-refractivity contribution in [3.05, 3.63) is 42.2 Å². The fourth-order valence-corrected chi connectivity index (χ4v) is 1.83. The first-order valence-corrected chi connectivity index (χ1v) is 6.34. The zero-order valence-corrected chi connectivity index (χ0v) is 11.0. The Morgan fingerprint density at radius 1 is 1.47 bits per heavy atom. The van der Waals surface area contributed by atoms with Crippen molar-refractivity contribution in [2.24, 2.45) is 0 Å². The molecule has 0 bridgehead atoms. The number of nitrogens with one attached hydrogen (secondary N) is 1. The highest BCUT2D eigenvalue weighted by molar-refractivity contribution is 5.90. The van der Waals surface area contributed by atoms with Gasteiger partial charge in [-0.15, -0.1) is 0 Å². The number of carbonyl (C=O) groups excluding carboxylic acids is 1. The number of nitrogen functional groups attached to an aromatic ring is 1. The van der Waals surface area contributed by atoms with Crippen LogP contribution in [-0.2, 0) is 17.8 Å². The van der Waals surface area contributed by atoms with Gasteiger partial charge in [-0.25, -0.2) is 0 Å². The molecule has 0 radical (unpaired) electrons. The number of aromatic nitrogens is 2. The maximum absolute atomic E-state index is 11.8. The van der Waals surface area contributed by atoms with Gasteiger partial charge in [0.05, 0.1) is 11.9 Å². The first kappa shape index (κ1) is 13.1. The van der Waals surface area contributed by atoms with Crippen molar-refractivity contribution in [2.75, 3.05) is 11.1 Å². The second-order valence-corrected chi connectivity index (χ2v) is 4.38. The van der Waals surface area contributed by atoms with Crippen molar-refractivity contribution < 1.29 is 4.79 Å². The standard InChI is InChI=1S/C14H18N4O/c1-2-18-10-13(9-16-18)17-14(19)7-6-11-4-3-5-12(15)8-11/h3-5,8-10H,2,6-7,15H2,1H3,(H,17,19). The van der Waals surface area contributed by atoms with Gasteiger partial charge < -0.3 is 11.1 Å². The molecule has 0 unspecified atom stereocenters. The van der Waals surface area contributed by atoms with Crippen LogP contribution in [0.1, 0.15) is 18.9 Å². The molecule has 1 aromatic heterocycles. The Labute approximate surface area is 112 Å². The Kier molecular flexibility index (Phi) is 4.18. The van der Waals surface area contributed by atoms with Crippen LogP contribution in [-0.4, -0.2) is 15.7 Å².